The summed E-state index contributed by atoms with van der Waals surface area (Å²) in [6.07, 6.45) is 0.862. The molecule has 0 unspecified atom stereocenters. The number of fused-ring (bicyclic) bond motifs is 1. The molecular formula is C16H21NO2S. The Morgan fingerprint density at radius 3 is 2.55 bits per heavy atom. The van der Waals surface area contributed by atoms with Crippen molar-refractivity contribution in [1.29, 1.82) is 0 Å². The van der Waals surface area contributed by atoms with Gasteiger partial charge in [-0.25, -0.2) is 0 Å². The van der Waals surface area contributed by atoms with E-state index in [0.29, 0.717) is 5.71 Å². The van der Waals surface area contributed by atoms with Crippen LogP contribution in [0.4, 0.5) is 0 Å². The van der Waals surface area contributed by atoms with Crippen LogP contribution in [0, 0.1) is 0 Å². The molecule has 3 nitrogen and oxygen atoms in total. The Hall–Kier alpha value is -1.26. The minimum atomic E-state index is -1.27. The van der Waals surface area contributed by atoms with E-state index in [9.17, 15) is 4.55 Å². The van der Waals surface area contributed by atoms with Crippen LogP contribution in [0.5, 0.6) is 0 Å². The number of benzene rings is 1. The van der Waals surface area contributed by atoms with E-state index in [1.807, 2.05) is 45.9 Å². The van der Waals surface area contributed by atoms with Crippen LogP contribution in [0.15, 0.2) is 33.1 Å². The monoisotopic (exact) mass is 291 g/mol. The Balaban J connectivity index is 2.49. The third-order valence-corrected chi connectivity index (χ3v) is 4.61. The van der Waals surface area contributed by atoms with E-state index in [4.69, 9.17) is 4.42 Å². The molecule has 1 heterocycles. The van der Waals surface area contributed by atoms with Crippen molar-refractivity contribution in [2.75, 3.05) is 0 Å². The minimum Gasteiger partial charge on any atom is -0.591 e. The van der Waals surface area contributed by atoms with Crippen LogP contribution < -0.4 is 0 Å². The summed E-state index contributed by atoms with van der Waals surface area (Å²) in [7, 11) is 0. The molecule has 0 saturated heterocycles. The van der Waals surface area contributed by atoms with Gasteiger partial charge < -0.3 is 8.97 Å². The summed E-state index contributed by atoms with van der Waals surface area (Å²) >= 11 is -1.27. The SMILES string of the molecule is CCc1c(/C(C)=N/[S@+]([O-])C(C)(C)C)oc2ccccc12. The zero-order chi connectivity index (χ0) is 14.9. The summed E-state index contributed by atoms with van der Waals surface area (Å²) in [4.78, 5) is 0. The Labute approximate surface area is 123 Å². The lowest BCUT2D eigenvalue weighted by molar-refractivity contribution is 0.560. The average Bonchev–Trinajstić information content (AvgIpc) is 2.75. The number of hydrogen-bond donors (Lipinski definition) is 0. The number of nitrogens with zero attached hydrogens (tertiary/aromatic N) is 1. The van der Waals surface area contributed by atoms with Gasteiger partial charge in [0.1, 0.15) is 27.4 Å². The molecule has 1 aromatic heterocycles. The zero-order valence-electron chi connectivity index (χ0n) is 12.7. The molecule has 4 heteroatoms. The van der Waals surface area contributed by atoms with Gasteiger partial charge in [0.15, 0.2) is 5.76 Å². The first-order valence-electron chi connectivity index (χ1n) is 6.82. The fourth-order valence-electron chi connectivity index (χ4n) is 2.04. The molecule has 0 radical (unpaired) electrons. The van der Waals surface area contributed by atoms with Crippen molar-refractivity contribution < 1.29 is 8.97 Å². The number of aryl methyl sites for hydroxylation is 1. The maximum Gasteiger partial charge on any atom is 0.157 e. The summed E-state index contributed by atoms with van der Waals surface area (Å²) in [6.45, 7) is 9.70. The van der Waals surface area contributed by atoms with Crippen molar-refractivity contribution in [2.24, 2.45) is 4.40 Å². The van der Waals surface area contributed by atoms with Crippen molar-refractivity contribution in [1.82, 2.24) is 0 Å². The lowest BCUT2D eigenvalue weighted by atomic mass is 10.1. The number of furan rings is 1. The van der Waals surface area contributed by atoms with Gasteiger partial charge in [-0.3, -0.25) is 0 Å². The van der Waals surface area contributed by atoms with Gasteiger partial charge in [0, 0.05) is 10.9 Å². The molecule has 2 aromatic rings. The van der Waals surface area contributed by atoms with Crippen molar-refractivity contribution >= 4 is 28.0 Å². The smallest absolute Gasteiger partial charge is 0.157 e. The van der Waals surface area contributed by atoms with Gasteiger partial charge in [-0.15, -0.1) is 0 Å². The van der Waals surface area contributed by atoms with Gasteiger partial charge in [-0.05, 0) is 40.2 Å². The lowest BCUT2D eigenvalue weighted by Crippen LogP contribution is -2.26. The van der Waals surface area contributed by atoms with Gasteiger partial charge in [0.2, 0.25) is 0 Å². The number of para-hydroxylation sites is 1. The van der Waals surface area contributed by atoms with Crippen LogP contribution >= 0.6 is 0 Å². The molecule has 0 amide bonds. The van der Waals surface area contributed by atoms with Crippen LogP contribution in [0.3, 0.4) is 0 Å². The molecule has 0 N–H and O–H groups in total. The van der Waals surface area contributed by atoms with E-state index in [-0.39, 0.29) is 4.75 Å². The molecule has 2 rings (SSSR count). The van der Waals surface area contributed by atoms with Crippen molar-refractivity contribution in [2.45, 2.75) is 45.8 Å². The molecule has 0 aliphatic carbocycles. The second kappa shape index (κ2) is 5.62. The molecule has 0 aliphatic rings. The van der Waals surface area contributed by atoms with Gasteiger partial charge in [-0.1, -0.05) is 29.5 Å². The summed E-state index contributed by atoms with van der Waals surface area (Å²) in [5.74, 6) is 0.756. The van der Waals surface area contributed by atoms with Crippen molar-refractivity contribution in [3.05, 3.63) is 35.6 Å². The Morgan fingerprint density at radius 1 is 1.30 bits per heavy atom. The molecule has 0 saturated carbocycles. The predicted molar refractivity (Wildman–Crippen MR) is 85.7 cm³/mol. The van der Waals surface area contributed by atoms with E-state index in [2.05, 4.69) is 17.4 Å². The Morgan fingerprint density at radius 2 is 1.95 bits per heavy atom. The zero-order valence-corrected chi connectivity index (χ0v) is 13.5. The fraction of sp³-hybridized carbons (Fsp3) is 0.438. The van der Waals surface area contributed by atoms with Crippen LogP contribution in [-0.2, 0) is 17.8 Å². The highest BCUT2D eigenvalue weighted by atomic mass is 32.2. The normalized spacial score (nSPS) is 14.8. The molecule has 1 atom stereocenters. The molecule has 20 heavy (non-hydrogen) atoms. The van der Waals surface area contributed by atoms with E-state index in [0.717, 1.165) is 28.7 Å². The standard InChI is InChI=1S/C16H21NO2S/c1-6-12-13-9-7-8-10-14(13)19-15(12)11(2)17-20(18)16(3,4)5/h7-10H,6H2,1-5H3/b17-11+/t20-/m1/s1. The molecule has 1 aromatic carbocycles. The van der Waals surface area contributed by atoms with Crippen LogP contribution in [-0.4, -0.2) is 15.0 Å². The molecule has 0 spiro atoms. The molecule has 0 fully saturated rings. The van der Waals surface area contributed by atoms with Crippen molar-refractivity contribution in [3.8, 4) is 0 Å². The lowest BCUT2D eigenvalue weighted by Gasteiger charge is -2.18. The van der Waals surface area contributed by atoms with Crippen LogP contribution in [0.25, 0.3) is 11.0 Å². The Bertz CT molecular complexity index is 637. The summed E-state index contributed by atoms with van der Waals surface area (Å²) in [6, 6.07) is 7.95. The highest BCUT2D eigenvalue weighted by Crippen LogP contribution is 2.28. The molecule has 108 valence electrons. The van der Waals surface area contributed by atoms with Crippen LogP contribution in [0.2, 0.25) is 0 Å². The highest BCUT2D eigenvalue weighted by molar-refractivity contribution is 7.91. The molecular weight excluding hydrogens is 270 g/mol. The third kappa shape index (κ3) is 2.91. The maximum absolute atomic E-state index is 12.1. The van der Waals surface area contributed by atoms with E-state index in [1.165, 1.54) is 0 Å². The quantitative estimate of drug-likeness (QED) is 0.626. The first-order chi connectivity index (χ1) is 9.34. The van der Waals surface area contributed by atoms with Gasteiger partial charge >= 0.3 is 0 Å². The fourth-order valence-corrected chi connectivity index (χ4v) is 2.65. The number of hydrogen-bond acceptors (Lipinski definition) is 3. The van der Waals surface area contributed by atoms with Crippen LogP contribution in [0.1, 0.15) is 45.9 Å². The third-order valence-electron chi connectivity index (χ3n) is 3.12. The second-order valence-corrected chi connectivity index (χ2v) is 7.70. The van der Waals surface area contributed by atoms with Gasteiger partial charge in [0.05, 0.1) is 0 Å². The molecule has 0 aliphatic heterocycles. The Kier molecular flexibility index (Phi) is 4.25. The van der Waals surface area contributed by atoms with Crippen molar-refractivity contribution in [3.63, 3.8) is 0 Å². The molecule has 0 bridgehead atoms. The first-order valence-corrected chi connectivity index (χ1v) is 7.93. The summed E-state index contributed by atoms with van der Waals surface area (Å²) in [5, 5.41) is 1.11. The first kappa shape index (κ1) is 15.1. The summed E-state index contributed by atoms with van der Waals surface area (Å²) < 4.78 is 22.0. The predicted octanol–water partition coefficient (Wildman–Crippen LogP) is 4.27. The topological polar surface area (TPSA) is 48.6 Å². The highest BCUT2D eigenvalue weighted by Gasteiger charge is 2.27. The maximum atomic E-state index is 12.1. The largest absolute Gasteiger partial charge is 0.591 e. The minimum absolute atomic E-state index is 0.361. The number of rotatable bonds is 3. The second-order valence-electron chi connectivity index (χ2n) is 5.80. The average molecular weight is 291 g/mol. The summed E-state index contributed by atoms with van der Waals surface area (Å²) in [5.41, 5.74) is 2.69. The van der Waals surface area contributed by atoms with E-state index < -0.39 is 11.4 Å². The van der Waals surface area contributed by atoms with E-state index >= 15 is 0 Å². The van der Waals surface area contributed by atoms with Gasteiger partial charge in [0.25, 0.3) is 0 Å². The van der Waals surface area contributed by atoms with Gasteiger partial charge in [-0.2, -0.15) is 0 Å². The van der Waals surface area contributed by atoms with E-state index in [1.54, 1.807) is 0 Å².